The van der Waals surface area contributed by atoms with E-state index in [9.17, 15) is 0 Å². The van der Waals surface area contributed by atoms with E-state index in [4.69, 9.17) is 20.5 Å². The number of anilines is 3. The second kappa shape index (κ2) is 9.14. The molecule has 0 bridgehead atoms. The Morgan fingerprint density at radius 1 is 1.19 bits per heavy atom. The molecule has 2 heterocycles. The molecule has 31 heavy (non-hydrogen) atoms. The third-order valence-electron chi connectivity index (χ3n) is 4.80. The van der Waals surface area contributed by atoms with Gasteiger partial charge in [0, 0.05) is 6.54 Å². The molecule has 1 atom stereocenters. The fraction of sp³-hybridized carbons (Fsp3) is 0.318. The van der Waals surface area contributed by atoms with E-state index in [1.54, 1.807) is 28.9 Å². The van der Waals surface area contributed by atoms with Crippen LogP contribution in [0.25, 0.3) is 5.69 Å². The summed E-state index contributed by atoms with van der Waals surface area (Å²) < 4.78 is 13.3. The van der Waals surface area contributed by atoms with Gasteiger partial charge >= 0.3 is 0 Å². The van der Waals surface area contributed by atoms with E-state index in [-0.39, 0.29) is 18.3 Å². The first-order chi connectivity index (χ1) is 15.1. The van der Waals surface area contributed by atoms with E-state index >= 15 is 0 Å². The number of nitrogens with zero attached hydrogens (tertiary/aromatic N) is 6. The third-order valence-corrected chi connectivity index (χ3v) is 4.80. The average molecular weight is 419 g/mol. The van der Waals surface area contributed by atoms with Crippen LogP contribution in [0.15, 0.2) is 54.6 Å². The molecule has 2 N–H and O–H groups in total. The molecular weight excluding hydrogens is 394 g/mol. The van der Waals surface area contributed by atoms with Crippen molar-refractivity contribution in [2.45, 2.75) is 26.2 Å². The first-order valence-corrected chi connectivity index (χ1v) is 10.1. The first kappa shape index (κ1) is 20.8. The molecular formula is C22H25N7O2. The van der Waals surface area contributed by atoms with Crippen molar-refractivity contribution in [3.05, 3.63) is 60.2 Å². The first-order valence-electron chi connectivity index (χ1n) is 10.1. The van der Waals surface area contributed by atoms with Gasteiger partial charge < -0.3 is 15.2 Å². The number of para-hydroxylation sites is 1. The second-order valence-corrected chi connectivity index (χ2v) is 7.37. The summed E-state index contributed by atoms with van der Waals surface area (Å²) in [5.41, 5.74) is 8.40. The van der Waals surface area contributed by atoms with E-state index in [2.05, 4.69) is 21.2 Å². The minimum absolute atomic E-state index is 0.0288. The zero-order chi connectivity index (χ0) is 21.8. The summed E-state index contributed by atoms with van der Waals surface area (Å²) in [4.78, 5) is 4.55. The molecule has 1 aliphatic heterocycles. The Morgan fingerprint density at radius 2 is 1.94 bits per heavy atom. The maximum absolute atomic E-state index is 9.04. The van der Waals surface area contributed by atoms with Crippen LogP contribution in [0.1, 0.15) is 19.4 Å². The maximum atomic E-state index is 9.04. The van der Waals surface area contributed by atoms with Crippen molar-refractivity contribution in [3.8, 4) is 11.8 Å². The van der Waals surface area contributed by atoms with Gasteiger partial charge in [0.05, 0.1) is 42.3 Å². The van der Waals surface area contributed by atoms with Crippen LogP contribution in [0.3, 0.4) is 0 Å². The molecule has 9 nitrogen and oxygen atoms in total. The van der Waals surface area contributed by atoms with Crippen LogP contribution in [-0.4, -0.2) is 51.9 Å². The lowest BCUT2D eigenvalue weighted by Gasteiger charge is -2.42. The van der Waals surface area contributed by atoms with Gasteiger partial charge in [-0.05, 0) is 50.2 Å². The highest BCUT2D eigenvalue weighted by molar-refractivity contribution is 5.57. The number of ether oxygens (including phenoxy) is 2. The van der Waals surface area contributed by atoms with Crippen LogP contribution >= 0.6 is 0 Å². The fourth-order valence-electron chi connectivity index (χ4n) is 3.44. The minimum Gasteiger partial charge on any atom is -0.376 e. The van der Waals surface area contributed by atoms with Gasteiger partial charge in [0.1, 0.15) is 0 Å². The Kier molecular flexibility index (Phi) is 6.13. The standard InChI is InChI=1S/C22H25N7O2/c1-16(2)31-20-15-30-13-12-27(20)29(19-6-4-3-5-7-19)22-25-21(24)28(26-22)18-10-8-17(14-23)9-11-18/h3-11,16,20H,12-13,15H2,1-2H3,(H2,24,25,26). The van der Waals surface area contributed by atoms with Gasteiger partial charge in [-0.25, -0.2) is 5.01 Å². The molecule has 9 heteroatoms. The summed E-state index contributed by atoms with van der Waals surface area (Å²) in [6, 6.07) is 19.0. The summed E-state index contributed by atoms with van der Waals surface area (Å²) in [7, 11) is 0. The minimum atomic E-state index is -0.294. The van der Waals surface area contributed by atoms with Crippen LogP contribution in [0.4, 0.5) is 17.6 Å². The lowest BCUT2D eigenvalue weighted by molar-refractivity contribution is -0.157. The predicted octanol–water partition coefficient (Wildman–Crippen LogP) is 2.86. The van der Waals surface area contributed by atoms with Crippen LogP contribution in [0.5, 0.6) is 0 Å². The molecule has 1 aromatic heterocycles. The van der Waals surface area contributed by atoms with Gasteiger partial charge in [0.25, 0.3) is 5.95 Å². The smallest absolute Gasteiger partial charge is 0.266 e. The van der Waals surface area contributed by atoms with Crippen molar-refractivity contribution in [2.24, 2.45) is 0 Å². The number of nitriles is 1. The zero-order valence-corrected chi connectivity index (χ0v) is 17.5. The molecule has 1 saturated heterocycles. The molecule has 1 unspecified atom stereocenters. The van der Waals surface area contributed by atoms with Crippen molar-refractivity contribution >= 4 is 17.6 Å². The lowest BCUT2D eigenvalue weighted by atomic mass is 10.2. The molecule has 3 aromatic rings. The van der Waals surface area contributed by atoms with Crippen molar-refractivity contribution in [1.82, 2.24) is 19.8 Å². The maximum Gasteiger partial charge on any atom is 0.266 e. The topological polar surface area (TPSA) is 105 Å². The summed E-state index contributed by atoms with van der Waals surface area (Å²) in [5.74, 6) is 0.669. The van der Waals surface area contributed by atoms with E-state index in [0.717, 1.165) is 11.4 Å². The molecule has 160 valence electrons. The Hall–Kier alpha value is -3.45. The van der Waals surface area contributed by atoms with Crippen molar-refractivity contribution < 1.29 is 9.47 Å². The molecule has 4 rings (SSSR count). The van der Waals surface area contributed by atoms with Crippen molar-refractivity contribution in [2.75, 3.05) is 30.5 Å². The Labute approximate surface area is 181 Å². The highest BCUT2D eigenvalue weighted by atomic mass is 16.6. The van der Waals surface area contributed by atoms with Gasteiger partial charge in [-0.3, -0.25) is 0 Å². The normalized spacial score (nSPS) is 16.9. The molecule has 1 aliphatic rings. The quantitative estimate of drug-likeness (QED) is 0.650. The molecule has 0 radical (unpaired) electrons. The highest BCUT2D eigenvalue weighted by Crippen LogP contribution is 2.29. The number of nitrogen functional groups attached to an aromatic ring is 1. The van der Waals surface area contributed by atoms with Gasteiger partial charge in [0.2, 0.25) is 5.95 Å². The van der Waals surface area contributed by atoms with Gasteiger partial charge in [-0.2, -0.15) is 19.9 Å². The van der Waals surface area contributed by atoms with Crippen molar-refractivity contribution in [3.63, 3.8) is 0 Å². The molecule has 0 amide bonds. The monoisotopic (exact) mass is 419 g/mol. The average Bonchev–Trinajstić information content (AvgIpc) is 3.16. The lowest BCUT2D eigenvalue weighted by Crippen LogP contribution is -2.55. The van der Waals surface area contributed by atoms with E-state index in [1.165, 1.54) is 0 Å². The van der Waals surface area contributed by atoms with Crippen LogP contribution in [-0.2, 0) is 9.47 Å². The molecule has 2 aromatic carbocycles. The number of rotatable bonds is 6. The summed E-state index contributed by atoms with van der Waals surface area (Å²) in [6.45, 7) is 5.60. The molecule has 1 fully saturated rings. The largest absolute Gasteiger partial charge is 0.376 e. The van der Waals surface area contributed by atoms with E-state index < -0.39 is 0 Å². The summed E-state index contributed by atoms with van der Waals surface area (Å²) in [5, 5.41) is 17.7. The predicted molar refractivity (Wildman–Crippen MR) is 117 cm³/mol. The number of benzene rings is 2. The number of morpholine rings is 1. The van der Waals surface area contributed by atoms with Gasteiger partial charge in [0.15, 0.2) is 6.23 Å². The number of aromatic nitrogens is 3. The zero-order valence-electron chi connectivity index (χ0n) is 17.5. The number of nitrogens with two attached hydrogens (primary N) is 1. The fourth-order valence-corrected chi connectivity index (χ4v) is 3.44. The van der Waals surface area contributed by atoms with Crippen LogP contribution < -0.4 is 10.7 Å². The number of hydrogen-bond donors (Lipinski definition) is 1. The van der Waals surface area contributed by atoms with Gasteiger partial charge in [-0.15, -0.1) is 5.10 Å². The number of hydrazine groups is 1. The van der Waals surface area contributed by atoms with Crippen molar-refractivity contribution in [1.29, 1.82) is 5.26 Å². The Bertz CT molecular complexity index is 1040. The van der Waals surface area contributed by atoms with Gasteiger partial charge in [-0.1, -0.05) is 18.2 Å². The SMILES string of the molecule is CC(C)OC1COCCN1N(c1ccccc1)c1nc(N)n(-c2ccc(C#N)cc2)n1. The Morgan fingerprint density at radius 3 is 2.61 bits per heavy atom. The highest BCUT2D eigenvalue weighted by Gasteiger charge is 2.33. The van der Waals surface area contributed by atoms with Crippen LogP contribution in [0, 0.1) is 11.3 Å². The summed E-state index contributed by atoms with van der Waals surface area (Å²) >= 11 is 0. The molecule has 0 saturated carbocycles. The molecule has 0 spiro atoms. The second-order valence-electron chi connectivity index (χ2n) is 7.37. The Balaban J connectivity index is 1.75. The van der Waals surface area contributed by atoms with Crippen LogP contribution in [0.2, 0.25) is 0 Å². The number of hydrogen-bond acceptors (Lipinski definition) is 8. The van der Waals surface area contributed by atoms with E-state index in [1.807, 2.05) is 49.2 Å². The third kappa shape index (κ3) is 4.51. The summed E-state index contributed by atoms with van der Waals surface area (Å²) in [6.07, 6.45) is -0.266. The van der Waals surface area contributed by atoms with E-state index in [0.29, 0.717) is 31.3 Å². The molecule has 0 aliphatic carbocycles.